The Morgan fingerprint density at radius 3 is 2.83 bits per heavy atom. The number of aryl methyl sites for hydroxylation is 1. The van der Waals surface area contributed by atoms with Gasteiger partial charge in [-0.2, -0.15) is 0 Å². The van der Waals surface area contributed by atoms with Crippen LogP contribution in [0.25, 0.3) is 16.9 Å². The van der Waals surface area contributed by atoms with E-state index in [-0.39, 0.29) is 6.79 Å². The van der Waals surface area contributed by atoms with Crippen molar-refractivity contribution in [2.24, 2.45) is 0 Å². The molecule has 5 heteroatoms. The van der Waals surface area contributed by atoms with Crippen LogP contribution in [-0.4, -0.2) is 35.2 Å². The number of aromatic nitrogens is 2. The average molecular weight is 309 g/mol. The highest BCUT2D eigenvalue weighted by atomic mass is 16.7. The minimum atomic E-state index is 0.285. The third-order valence-corrected chi connectivity index (χ3v) is 4.06. The molecule has 118 valence electrons. The highest BCUT2D eigenvalue weighted by Crippen LogP contribution is 2.37. The predicted octanol–water partition coefficient (Wildman–Crippen LogP) is 3.10. The number of imidazole rings is 1. The van der Waals surface area contributed by atoms with Crippen LogP contribution in [0.1, 0.15) is 11.3 Å². The second kappa shape index (κ2) is 5.28. The summed E-state index contributed by atoms with van der Waals surface area (Å²) in [5.74, 6) is 1.58. The zero-order valence-corrected chi connectivity index (χ0v) is 13.5. The molecule has 2 aromatic heterocycles. The second-order valence-electron chi connectivity index (χ2n) is 6.10. The molecule has 0 spiro atoms. The third-order valence-electron chi connectivity index (χ3n) is 4.06. The van der Waals surface area contributed by atoms with Crippen molar-refractivity contribution in [3.8, 4) is 22.8 Å². The zero-order valence-electron chi connectivity index (χ0n) is 13.5. The smallest absolute Gasteiger partial charge is 0.231 e. The molecule has 0 unspecified atom stereocenters. The van der Waals surface area contributed by atoms with Gasteiger partial charge < -0.3 is 18.8 Å². The van der Waals surface area contributed by atoms with Gasteiger partial charge in [0.2, 0.25) is 6.79 Å². The molecule has 0 saturated heterocycles. The van der Waals surface area contributed by atoms with E-state index in [0.717, 1.165) is 34.9 Å². The fraction of sp³-hybridized carbons (Fsp3) is 0.278. The molecule has 0 atom stereocenters. The summed E-state index contributed by atoms with van der Waals surface area (Å²) in [6, 6.07) is 10.2. The van der Waals surface area contributed by atoms with Crippen LogP contribution in [0.15, 0.2) is 36.5 Å². The van der Waals surface area contributed by atoms with E-state index in [1.807, 2.05) is 18.2 Å². The van der Waals surface area contributed by atoms with Gasteiger partial charge in [0.25, 0.3) is 0 Å². The number of benzene rings is 1. The minimum Gasteiger partial charge on any atom is -0.454 e. The Labute approximate surface area is 135 Å². The van der Waals surface area contributed by atoms with Gasteiger partial charge in [-0.1, -0.05) is 6.07 Å². The maximum atomic E-state index is 5.51. The molecule has 0 saturated carbocycles. The number of hydrogen-bond donors (Lipinski definition) is 0. The normalized spacial score (nSPS) is 13.2. The average Bonchev–Trinajstić information content (AvgIpc) is 3.12. The maximum Gasteiger partial charge on any atom is 0.231 e. The monoisotopic (exact) mass is 309 g/mol. The van der Waals surface area contributed by atoms with Crippen LogP contribution in [0, 0.1) is 6.92 Å². The molecule has 1 aliphatic rings. The number of fused-ring (bicyclic) bond motifs is 2. The number of ether oxygens (including phenoxy) is 2. The van der Waals surface area contributed by atoms with E-state index >= 15 is 0 Å². The molecule has 3 heterocycles. The molecule has 0 N–H and O–H groups in total. The van der Waals surface area contributed by atoms with E-state index in [0.29, 0.717) is 0 Å². The van der Waals surface area contributed by atoms with E-state index in [2.05, 4.69) is 48.6 Å². The lowest BCUT2D eigenvalue weighted by Gasteiger charge is -2.11. The van der Waals surface area contributed by atoms with E-state index < -0.39 is 0 Å². The first kappa shape index (κ1) is 14.1. The predicted molar refractivity (Wildman–Crippen MR) is 88.9 cm³/mol. The van der Waals surface area contributed by atoms with Gasteiger partial charge in [-0.25, -0.2) is 4.98 Å². The number of rotatable bonds is 3. The van der Waals surface area contributed by atoms with Crippen LogP contribution >= 0.6 is 0 Å². The van der Waals surface area contributed by atoms with Crippen molar-refractivity contribution in [3.63, 3.8) is 0 Å². The summed E-state index contributed by atoms with van der Waals surface area (Å²) in [4.78, 5) is 7.06. The summed E-state index contributed by atoms with van der Waals surface area (Å²) >= 11 is 0. The van der Waals surface area contributed by atoms with Crippen molar-refractivity contribution < 1.29 is 9.47 Å². The molecule has 23 heavy (non-hydrogen) atoms. The van der Waals surface area contributed by atoms with Crippen molar-refractivity contribution in [2.75, 3.05) is 20.9 Å². The third kappa shape index (κ3) is 2.33. The number of pyridine rings is 1. The van der Waals surface area contributed by atoms with Gasteiger partial charge >= 0.3 is 0 Å². The quantitative estimate of drug-likeness (QED) is 0.745. The standard InChI is InChI=1S/C18H19N3O2/c1-12-5-4-8-21-14(10-20(2)3)17(19-18(12)21)13-6-7-15-16(9-13)23-11-22-15/h4-9H,10-11H2,1-3H3. The molecule has 3 aromatic rings. The molecule has 4 rings (SSSR count). The molecule has 5 nitrogen and oxygen atoms in total. The fourth-order valence-corrected chi connectivity index (χ4v) is 2.98. The van der Waals surface area contributed by atoms with E-state index in [1.54, 1.807) is 0 Å². The minimum absolute atomic E-state index is 0.285. The summed E-state index contributed by atoms with van der Waals surface area (Å²) in [5, 5.41) is 0. The van der Waals surface area contributed by atoms with Gasteiger partial charge in [0.05, 0.1) is 11.4 Å². The van der Waals surface area contributed by atoms with Gasteiger partial charge in [-0.05, 0) is 50.8 Å². The van der Waals surface area contributed by atoms with Crippen molar-refractivity contribution in [1.82, 2.24) is 14.3 Å². The van der Waals surface area contributed by atoms with Gasteiger partial charge in [-0.3, -0.25) is 0 Å². The Morgan fingerprint density at radius 2 is 2.00 bits per heavy atom. The molecule has 0 aliphatic carbocycles. The largest absolute Gasteiger partial charge is 0.454 e. The highest BCUT2D eigenvalue weighted by molar-refractivity contribution is 5.70. The Balaban J connectivity index is 1.93. The van der Waals surface area contributed by atoms with Crippen LogP contribution in [0.5, 0.6) is 11.5 Å². The molecule has 0 amide bonds. The first-order valence-electron chi connectivity index (χ1n) is 7.65. The molecule has 0 fully saturated rings. The van der Waals surface area contributed by atoms with Gasteiger partial charge in [-0.15, -0.1) is 0 Å². The summed E-state index contributed by atoms with van der Waals surface area (Å²) in [5.41, 5.74) is 5.38. The highest BCUT2D eigenvalue weighted by Gasteiger charge is 2.19. The van der Waals surface area contributed by atoms with Crippen molar-refractivity contribution in [2.45, 2.75) is 13.5 Å². The lowest BCUT2D eigenvalue weighted by molar-refractivity contribution is 0.174. The van der Waals surface area contributed by atoms with E-state index in [9.17, 15) is 0 Å². The summed E-state index contributed by atoms with van der Waals surface area (Å²) in [6.45, 7) is 3.19. The zero-order chi connectivity index (χ0) is 16.0. The van der Waals surface area contributed by atoms with Gasteiger partial charge in [0.1, 0.15) is 5.65 Å². The lowest BCUT2D eigenvalue weighted by Crippen LogP contribution is -2.13. The van der Waals surface area contributed by atoms with Gasteiger partial charge in [0.15, 0.2) is 11.5 Å². The lowest BCUT2D eigenvalue weighted by atomic mass is 10.1. The van der Waals surface area contributed by atoms with Crippen molar-refractivity contribution in [1.29, 1.82) is 0 Å². The second-order valence-corrected chi connectivity index (χ2v) is 6.10. The Morgan fingerprint density at radius 1 is 1.17 bits per heavy atom. The summed E-state index contributed by atoms with van der Waals surface area (Å²) in [6.07, 6.45) is 2.07. The Kier molecular flexibility index (Phi) is 3.23. The molecular weight excluding hydrogens is 290 g/mol. The van der Waals surface area contributed by atoms with Crippen molar-refractivity contribution in [3.05, 3.63) is 47.8 Å². The fourth-order valence-electron chi connectivity index (χ4n) is 2.98. The summed E-state index contributed by atoms with van der Waals surface area (Å²) < 4.78 is 13.1. The Hall–Kier alpha value is -2.53. The molecule has 1 aromatic carbocycles. The first-order valence-corrected chi connectivity index (χ1v) is 7.65. The molecule has 0 radical (unpaired) electrons. The van der Waals surface area contributed by atoms with Crippen LogP contribution in [0.2, 0.25) is 0 Å². The van der Waals surface area contributed by atoms with Crippen molar-refractivity contribution >= 4 is 5.65 Å². The first-order chi connectivity index (χ1) is 11.1. The maximum absolute atomic E-state index is 5.51. The number of nitrogens with zero attached hydrogens (tertiary/aromatic N) is 3. The van der Waals surface area contributed by atoms with E-state index in [1.165, 1.54) is 11.3 Å². The van der Waals surface area contributed by atoms with Crippen LogP contribution < -0.4 is 9.47 Å². The number of hydrogen-bond acceptors (Lipinski definition) is 4. The molecule has 0 bridgehead atoms. The molecule has 1 aliphatic heterocycles. The molecular formula is C18H19N3O2. The Bertz CT molecular complexity index is 883. The van der Waals surface area contributed by atoms with Crippen LogP contribution in [0.4, 0.5) is 0 Å². The van der Waals surface area contributed by atoms with Crippen LogP contribution in [0.3, 0.4) is 0 Å². The summed E-state index contributed by atoms with van der Waals surface area (Å²) in [7, 11) is 4.14. The SMILES string of the molecule is Cc1cccn2c(CN(C)C)c(-c3ccc4c(c3)OCO4)nc12. The van der Waals surface area contributed by atoms with Gasteiger partial charge in [0, 0.05) is 18.3 Å². The van der Waals surface area contributed by atoms with Crippen LogP contribution in [-0.2, 0) is 6.54 Å². The topological polar surface area (TPSA) is 39.0 Å². The van der Waals surface area contributed by atoms with E-state index in [4.69, 9.17) is 14.5 Å².